The number of nitrogens with one attached hydrogen (secondary N) is 1. The quantitative estimate of drug-likeness (QED) is 0.927. The highest BCUT2D eigenvalue weighted by Gasteiger charge is 2.09. The highest BCUT2D eigenvalue weighted by molar-refractivity contribution is 6.30. The van der Waals surface area contributed by atoms with Crippen molar-refractivity contribution >= 4 is 23.3 Å². The third kappa shape index (κ3) is 4.39. The number of nitrogens with zero attached hydrogens (tertiary/aromatic N) is 1. The van der Waals surface area contributed by atoms with E-state index in [1.165, 1.54) is 0 Å². The van der Waals surface area contributed by atoms with Gasteiger partial charge in [0, 0.05) is 30.4 Å². The van der Waals surface area contributed by atoms with Gasteiger partial charge in [-0.3, -0.25) is 0 Å². The third-order valence-electron chi connectivity index (χ3n) is 3.00. The number of carbonyl (C=O) groups excluding carboxylic acids is 1. The first-order valence-corrected chi connectivity index (χ1v) is 6.87. The molecule has 2 rings (SSSR count). The highest BCUT2D eigenvalue weighted by atomic mass is 35.5. The summed E-state index contributed by atoms with van der Waals surface area (Å²) in [5.74, 6) is 0.702. The molecular weight excluding hydrogens is 288 g/mol. The first kappa shape index (κ1) is 15.2. The van der Waals surface area contributed by atoms with Crippen LogP contribution in [0, 0.1) is 0 Å². The van der Waals surface area contributed by atoms with E-state index in [1.807, 2.05) is 42.5 Å². The predicted octanol–water partition coefficient (Wildman–Crippen LogP) is 4.01. The van der Waals surface area contributed by atoms with E-state index in [1.54, 1.807) is 25.1 Å². The molecule has 4 nitrogen and oxygen atoms in total. The largest absolute Gasteiger partial charge is 0.497 e. The Morgan fingerprint density at radius 2 is 1.95 bits per heavy atom. The summed E-state index contributed by atoms with van der Waals surface area (Å²) >= 11 is 5.84. The molecule has 0 bridgehead atoms. The lowest BCUT2D eigenvalue weighted by atomic mass is 10.2. The Hall–Kier alpha value is -2.20. The molecule has 0 saturated heterocycles. The van der Waals surface area contributed by atoms with Crippen LogP contribution in [0.3, 0.4) is 0 Å². The number of methoxy groups -OCH3 is 1. The van der Waals surface area contributed by atoms with Crippen molar-refractivity contribution in [1.82, 2.24) is 4.90 Å². The second kappa shape index (κ2) is 6.99. The summed E-state index contributed by atoms with van der Waals surface area (Å²) in [5, 5.41) is 3.51. The number of rotatable bonds is 4. The maximum Gasteiger partial charge on any atom is 0.321 e. The van der Waals surface area contributed by atoms with Crippen molar-refractivity contribution in [2.24, 2.45) is 0 Å². The van der Waals surface area contributed by atoms with Gasteiger partial charge in [-0.1, -0.05) is 29.8 Å². The minimum atomic E-state index is -0.182. The van der Waals surface area contributed by atoms with E-state index in [9.17, 15) is 4.79 Å². The van der Waals surface area contributed by atoms with Gasteiger partial charge in [-0.25, -0.2) is 4.79 Å². The number of carbonyl (C=O) groups is 1. The maximum atomic E-state index is 12.1. The van der Waals surface area contributed by atoms with E-state index in [0.717, 1.165) is 5.56 Å². The molecule has 0 aliphatic heterocycles. The van der Waals surface area contributed by atoms with Crippen molar-refractivity contribution in [3.05, 3.63) is 59.1 Å². The van der Waals surface area contributed by atoms with Crippen LogP contribution < -0.4 is 10.1 Å². The van der Waals surface area contributed by atoms with Gasteiger partial charge < -0.3 is 15.0 Å². The fraction of sp³-hybridized carbons (Fsp3) is 0.188. The number of halogens is 1. The number of benzene rings is 2. The lowest BCUT2D eigenvalue weighted by Gasteiger charge is -2.18. The second-order valence-electron chi connectivity index (χ2n) is 4.64. The molecule has 1 N–H and O–H groups in total. The van der Waals surface area contributed by atoms with Crippen LogP contribution in [-0.2, 0) is 6.54 Å². The summed E-state index contributed by atoms with van der Waals surface area (Å²) in [6.45, 7) is 0.507. The molecule has 0 saturated carbocycles. The van der Waals surface area contributed by atoms with Crippen LogP contribution in [0.25, 0.3) is 0 Å². The Kier molecular flexibility index (Phi) is 5.06. The van der Waals surface area contributed by atoms with Gasteiger partial charge >= 0.3 is 6.03 Å². The van der Waals surface area contributed by atoms with Crippen molar-refractivity contribution in [2.75, 3.05) is 19.5 Å². The zero-order valence-electron chi connectivity index (χ0n) is 12.0. The number of amides is 2. The minimum Gasteiger partial charge on any atom is -0.497 e. The van der Waals surface area contributed by atoms with Gasteiger partial charge in [0.2, 0.25) is 0 Å². The number of hydrogen-bond acceptors (Lipinski definition) is 2. The van der Waals surface area contributed by atoms with E-state index in [0.29, 0.717) is 23.0 Å². The number of anilines is 1. The molecular formula is C16H17ClN2O2. The number of urea groups is 1. The fourth-order valence-electron chi connectivity index (χ4n) is 1.86. The number of ether oxygens (including phenoxy) is 1. The lowest BCUT2D eigenvalue weighted by molar-refractivity contribution is 0.220. The summed E-state index contributed by atoms with van der Waals surface area (Å²) < 4.78 is 5.13. The van der Waals surface area contributed by atoms with Crippen LogP contribution in [0.2, 0.25) is 5.02 Å². The molecule has 2 aromatic carbocycles. The first-order chi connectivity index (χ1) is 10.1. The van der Waals surface area contributed by atoms with Crippen LogP contribution in [0.4, 0.5) is 10.5 Å². The topological polar surface area (TPSA) is 41.6 Å². The van der Waals surface area contributed by atoms with Crippen molar-refractivity contribution in [1.29, 1.82) is 0 Å². The van der Waals surface area contributed by atoms with Gasteiger partial charge in [0.05, 0.1) is 7.11 Å². The Morgan fingerprint density at radius 3 is 2.62 bits per heavy atom. The molecule has 5 heteroatoms. The monoisotopic (exact) mass is 304 g/mol. The smallest absolute Gasteiger partial charge is 0.321 e. The molecule has 0 spiro atoms. The molecule has 0 aromatic heterocycles. The van der Waals surface area contributed by atoms with Gasteiger partial charge in [-0.2, -0.15) is 0 Å². The molecule has 0 unspecified atom stereocenters. The summed E-state index contributed by atoms with van der Waals surface area (Å²) in [7, 11) is 3.33. The van der Waals surface area contributed by atoms with Crippen molar-refractivity contribution in [2.45, 2.75) is 6.54 Å². The van der Waals surface area contributed by atoms with Crippen molar-refractivity contribution < 1.29 is 9.53 Å². The third-order valence-corrected chi connectivity index (χ3v) is 3.25. The fourth-order valence-corrected chi connectivity index (χ4v) is 1.98. The molecule has 0 heterocycles. The standard InChI is InChI=1S/C16H17ClN2O2/c1-19(11-12-6-8-13(17)9-7-12)16(20)18-14-4-3-5-15(10-14)21-2/h3-10H,11H2,1-2H3,(H,18,20). The molecule has 110 valence electrons. The summed E-state index contributed by atoms with van der Waals surface area (Å²) in [5.41, 5.74) is 1.71. The van der Waals surface area contributed by atoms with Gasteiger partial charge in [0.25, 0.3) is 0 Å². The lowest BCUT2D eigenvalue weighted by Crippen LogP contribution is -2.30. The molecule has 0 aliphatic carbocycles. The maximum absolute atomic E-state index is 12.1. The van der Waals surface area contributed by atoms with Crippen LogP contribution in [0.15, 0.2) is 48.5 Å². The second-order valence-corrected chi connectivity index (χ2v) is 5.08. The van der Waals surface area contributed by atoms with Gasteiger partial charge in [0.15, 0.2) is 0 Å². The van der Waals surface area contributed by atoms with E-state index in [2.05, 4.69) is 5.32 Å². The van der Waals surface area contributed by atoms with Gasteiger partial charge in [-0.05, 0) is 29.8 Å². The van der Waals surface area contributed by atoms with Crippen LogP contribution in [0.5, 0.6) is 5.75 Å². The van der Waals surface area contributed by atoms with Crippen molar-refractivity contribution in [3.8, 4) is 5.75 Å². The predicted molar refractivity (Wildman–Crippen MR) is 84.9 cm³/mol. The zero-order chi connectivity index (χ0) is 15.2. The van der Waals surface area contributed by atoms with Crippen molar-refractivity contribution in [3.63, 3.8) is 0 Å². The number of hydrogen-bond donors (Lipinski definition) is 1. The van der Waals surface area contributed by atoms with E-state index in [-0.39, 0.29) is 6.03 Å². The Bertz CT molecular complexity index is 614. The molecule has 0 aliphatic rings. The van der Waals surface area contributed by atoms with Gasteiger partial charge in [0.1, 0.15) is 5.75 Å². The van der Waals surface area contributed by atoms with E-state index >= 15 is 0 Å². The average molecular weight is 305 g/mol. The van der Waals surface area contributed by atoms with Crippen LogP contribution in [-0.4, -0.2) is 25.1 Å². The van der Waals surface area contributed by atoms with Crippen LogP contribution >= 0.6 is 11.6 Å². The average Bonchev–Trinajstić information content (AvgIpc) is 2.49. The molecule has 0 fully saturated rings. The molecule has 2 amide bonds. The molecule has 0 radical (unpaired) electrons. The molecule has 2 aromatic rings. The van der Waals surface area contributed by atoms with Crippen LogP contribution in [0.1, 0.15) is 5.56 Å². The van der Waals surface area contributed by atoms with E-state index in [4.69, 9.17) is 16.3 Å². The Labute approximate surface area is 129 Å². The SMILES string of the molecule is COc1cccc(NC(=O)N(C)Cc2ccc(Cl)cc2)c1. The van der Waals surface area contributed by atoms with Gasteiger partial charge in [-0.15, -0.1) is 0 Å². The minimum absolute atomic E-state index is 0.182. The zero-order valence-corrected chi connectivity index (χ0v) is 12.7. The summed E-state index contributed by atoms with van der Waals surface area (Å²) in [6.07, 6.45) is 0. The Morgan fingerprint density at radius 1 is 1.24 bits per heavy atom. The Balaban J connectivity index is 1.97. The molecule has 21 heavy (non-hydrogen) atoms. The first-order valence-electron chi connectivity index (χ1n) is 6.49. The normalized spacial score (nSPS) is 10.0. The summed E-state index contributed by atoms with van der Waals surface area (Å²) in [4.78, 5) is 13.7. The molecule has 0 atom stereocenters. The van der Waals surface area contributed by atoms with E-state index < -0.39 is 0 Å². The summed E-state index contributed by atoms with van der Waals surface area (Å²) in [6, 6.07) is 14.5. The highest BCUT2D eigenvalue weighted by Crippen LogP contribution is 2.17.